The Kier molecular flexibility index (Phi) is 4.99. The fourth-order valence-electron chi connectivity index (χ4n) is 4.56. The van der Waals surface area contributed by atoms with Crippen LogP contribution in [-0.2, 0) is 16.8 Å². The third-order valence-electron chi connectivity index (χ3n) is 6.30. The number of carbonyl (C=O) groups is 1. The van der Waals surface area contributed by atoms with Crippen molar-refractivity contribution in [2.75, 3.05) is 19.7 Å². The van der Waals surface area contributed by atoms with Crippen LogP contribution in [-0.4, -0.2) is 40.3 Å². The Balaban J connectivity index is 1.35. The molecular weight excluding hydrogens is 394 g/mol. The van der Waals surface area contributed by atoms with Crippen LogP contribution in [0.4, 0.5) is 0 Å². The number of nitrogens with zero attached hydrogens (tertiary/aromatic N) is 3. The Labute approximate surface area is 181 Å². The van der Waals surface area contributed by atoms with Gasteiger partial charge in [0.05, 0.1) is 24.0 Å². The lowest BCUT2D eigenvalue weighted by molar-refractivity contribution is -0.0926. The van der Waals surface area contributed by atoms with Gasteiger partial charge in [0.2, 0.25) is 0 Å². The lowest BCUT2D eigenvalue weighted by Gasteiger charge is -2.44. The molecule has 0 radical (unpaired) electrons. The largest absolute Gasteiger partial charge is 0.370 e. The number of thiophene rings is 1. The quantitative estimate of drug-likeness (QED) is 0.605. The number of fused-ring (bicyclic) bond motifs is 2. The summed E-state index contributed by atoms with van der Waals surface area (Å²) in [6.07, 6.45) is 6.21. The Bertz CT molecular complexity index is 1050. The molecule has 1 amide bonds. The van der Waals surface area contributed by atoms with Crippen molar-refractivity contribution in [1.29, 1.82) is 0 Å². The summed E-state index contributed by atoms with van der Waals surface area (Å²) in [5.74, 6) is 0.0723. The zero-order chi connectivity index (χ0) is 20.7. The number of ether oxygens (including phenoxy) is 1. The Morgan fingerprint density at radius 1 is 1.20 bits per heavy atom. The fourth-order valence-corrected chi connectivity index (χ4v) is 5.80. The molecule has 6 heteroatoms. The number of hydrogen-bond acceptors (Lipinski definition) is 4. The number of aromatic nitrogens is 2. The highest BCUT2D eigenvalue weighted by atomic mass is 32.1. The predicted molar refractivity (Wildman–Crippen MR) is 119 cm³/mol. The molecule has 2 aliphatic rings. The maximum absolute atomic E-state index is 13.0. The van der Waals surface area contributed by atoms with Crippen LogP contribution in [0.15, 0.2) is 48.8 Å². The summed E-state index contributed by atoms with van der Waals surface area (Å²) in [6, 6.07) is 13.2. The molecular formula is C24H27N3O2S. The smallest absolute Gasteiger partial charge is 0.257 e. The molecule has 2 aliphatic heterocycles. The van der Waals surface area contributed by atoms with Crippen molar-refractivity contribution < 1.29 is 9.53 Å². The van der Waals surface area contributed by atoms with Gasteiger partial charge in [-0.25, -0.2) is 0 Å². The lowest BCUT2D eigenvalue weighted by Crippen LogP contribution is -2.48. The van der Waals surface area contributed by atoms with Crippen LogP contribution < -0.4 is 0 Å². The molecule has 0 atom stereocenters. The van der Waals surface area contributed by atoms with Crippen molar-refractivity contribution >= 4 is 17.2 Å². The van der Waals surface area contributed by atoms with E-state index in [0.29, 0.717) is 18.7 Å². The molecule has 0 aliphatic carbocycles. The predicted octanol–water partition coefficient (Wildman–Crippen LogP) is 4.90. The Morgan fingerprint density at radius 3 is 2.67 bits per heavy atom. The molecule has 4 heterocycles. The standard InChI is InChI=1S/C24H27N3O2S/c1-17(2)27-16-19(15-25-27)23(28)26-11-9-24(10-12-26)20-14-22(18-6-4-3-5-7-18)30-21(20)8-13-29-24/h3-7,14-17H,8-13H2,1-2H3. The van der Waals surface area contributed by atoms with Gasteiger partial charge in [0.25, 0.3) is 5.91 Å². The zero-order valence-electron chi connectivity index (χ0n) is 17.5. The Hall–Kier alpha value is -2.44. The van der Waals surface area contributed by atoms with Crippen LogP contribution in [0.1, 0.15) is 53.5 Å². The number of benzene rings is 1. The van der Waals surface area contributed by atoms with Gasteiger partial charge in [-0.05, 0) is 43.9 Å². The molecule has 0 bridgehead atoms. The first-order valence-corrected chi connectivity index (χ1v) is 11.5. The maximum atomic E-state index is 13.0. The number of likely N-dealkylation sites (tertiary alicyclic amines) is 1. The molecule has 0 N–H and O–H groups in total. The molecule has 30 heavy (non-hydrogen) atoms. The summed E-state index contributed by atoms with van der Waals surface area (Å²) in [5.41, 5.74) is 3.03. The highest BCUT2D eigenvalue weighted by Gasteiger charge is 2.43. The van der Waals surface area contributed by atoms with Gasteiger partial charge >= 0.3 is 0 Å². The topological polar surface area (TPSA) is 47.4 Å². The summed E-state index contributed by atoms with van der Waals surface area (Å²) in [7, 11) is 0. The van der Waals surface area contributed by atoms with Crippen molar-refractivity contribution in [3.8, 4) is 10.4 Å². The molecule has 1 spiro atoms. The number of carbonyl (C=O) groups excluding carboxylic acids is 1. The van der Waals surface area contributed by atoms with E-state index in [1.807, 2.05) is 27.1 Å². The van der Waals surface area contributed by atoms with Crippen molar-refractivity contribution in [2.45, 2.75) is 44.8 Å². The highest BCUT2D eigenvalue weighted by Crippen LogP contribution is 2.46. The van der Waals surface area contributed by atoms with E-state index in [-0.39, 0.29) is 17.6 Å². The van der Waals surface area contributed by atoms with Gasteiger partial charge in [0.1, 0.15) is 0 Å². The number of hydrogen-bond donors (Lipinski definition) is 0. The number of rotatable bonds is 3. The van der Waals surface area contributed by atoms with E-state index in [9.17, 15) is 4.79 Å². The second-order valence-corrected chi connectivity index (χ2v) is 9.64. The van der Waals surface area contributed by atoms with Gasteiger partial charge in [-0.2, -0.15) is 5.10 Å². The molecule has 156 valence electrons. The van der Waals surface area contributed by atoms with Crippen LogP contribution >= 0.6 is 11.3 Å². The minimum absolute atomic E-state index is 0.0723. The molecule has 5 nitrogen and oxygen atoms in total. The van der Waals surface area contributed by atoms with Crippen LogP contribution in [0.25, 0.3) is 10.4 Å². The van der Waals surface area contributed by atoms with E-state index in [1.54, 1.807) is 6.20 Å². The third-order valence-corrected chi connectivity index (χ3v) is 7.55. The van der Waals surface area contributed by atoms with Gasteiger partial charge in [-0.15, -0.1) is 11.3 Å². The first-order chi connectivity index (χ1) is 14.6. The third kappa shape index (κ3) is 3.38. The van der Waals surface area contributed by atoms with E-state index in [0.717, 1.165) is 25.9 Å². The monoisotopic (exact) mass is 421 g/mol. The maximum Gasteiger partial charge on any atom is 0.257 e. The van der Waals surface area contributed by atoms with Crippen molar-refractivity contribution in [3.05, 3.63) is 64.8 Å². The first-order valence-electron chi connectivity index (χ1n) is 10.7. The minimum Gasteiger partial charge on any atom is -0.370 e. The lowest BCUT2D eigenvalue weighted by atomic mass is 9.82. The van der Waals surface area contributed by atoms with E-state index in [1.165, 1.54) is 20.9 Å². The van der Waals surface area contributed by atoms with Gasteiger partial charge in [0.15, 0.2) is 0 Å². The molecule has 0 saturated carbocycles. The molecule has 3 aromatic rings. The van der Waals surface area contributed by atoms with E-state index in [4.69, 9.17) is 4.74 Å². The molecule has 1 saturated heterocycles. The van der Waals surface area contributed by atoms with Gasteiger partial charge in [0, 0.05) is 41.5 Å². The molecule has 2 aromatic heterocycles. The van der Waals surface area contributed by atoms with Crippen LogP contribution in [0.3, 0.4) is 0 Å². The number of piperidine rings is 1. The molecule has 0 unspecified atom stereocenters. The average Bonchev–Trinajstić information content (AvgIpc) is 3.43. The van der Waals surface area contributed by atoms with E-state index < -0.39 is 0 Å². The van der Waals surface area contributed by atoms with E-state index >= 15 is 0 Å². The second-order valence-electron chi connectivity index (χ2n) is 8.50. The van der Waals surface area contributed by atoms with Crippen molar-refractivity contribution in [3.63, 3.8) is 0 Å². The summed E-state index contributed by atoms with van der Waals surface area (Å²) in [5, 5.41) is 4.32. The SMILES string of the molecule is CC(C)n1cc(C(=O)N2CCC3(CC2)OCCc2sc(-c4ccccc4)cc23)cn1. The highest BCUT2D eigenvalue weighted by molar-refractivity contribution is 7.15. The molecule has 1 fully saturated rings. The number of amides is 1. The summed E-state index contributed by atoms with van der Waals surface area (Å²) in [4.78, 5) is 17.7. The first kappa shape index (κ1) is 19.5. The second kappa shape index (κ2) is 7.67. The van der Waals surface area contributed by atoms with Crippen molar-refractivity contribution in [2.24, 2.45) is 0 Å². The Morgan fingerprint density at radius 2 is 1.97 bits per heavy atom. The van der Waals surface area contributed by atoms with Crippen molar-refractivity contribution in [1.82, 2.24) is 14.7 Å². The minimum atomic E-state index is -0.254. The zero-order valence-corrected chi connectivity index (χ0v) is 18.3. The van der Waals surface area contributed by atoms with Crippen LogP contribution in [0.2, 0.25) is 0 Å². The van der Waals surface area contributed by atoms with Crippen LogP contribution in [0.5, 0.6) is 0 Å². The average molecular weight is 422 g/mol. The molecule has 5 rings (SSSR count). The summed E-state index contributed by atoms with van der Waals surface area (Å²) < 4.78 is 8.24. The van der Waals surface area contributed by atoms with Crippen LogP contribution in [0, 0.1) is 0 Å². The normalized spacial score (nSPS) is 18.0. The van der Waals surface area contributed by atoms with Gasteiger partial charge in [-0.3, -0.25) is 9.48 Å². The van der Waals surface area contributed by atoms with Gasteiger partial charge < -0.3 is 9.64 Å². The van der Waals surface area contributed by atoms with Gasteiger partial charge in [-0.1, -0.05) is 30.3 Å². The summed E-state index contributed by atoms with van der Waals surface area (Å²) in [6.45, 7) is 6.31. The van der Waals surface area contributed by atoms with E-state index in [2.05, 4.69) is 55.3 Å². The molecule has 1 aromatic carbocycles. The fraction of sp³-hybridized carbons (Fsp3) is 0.417. The summed E-state index contributed by atoms with van der Waals surface area (Å²) >= 11 is 1.89.